The maximum absolute atomic E-state index is 11.8. The van der Waals surface area contributed by atoms with Crippen LogP contribution in [0.25, 0.3) is 11.0 Å². The molecular weight excluding hydrogens is 200 g/mol. The van der Waals surface area contributed by atoms with Gasteiger partial charge in [0.05, 0.1) is 0 Å². The summed E-state index contributed by atoms with van der Waals surface area (Å²) < 4.78 is 5.28. The van der Waals surface area contributed by atoms with Crippen molar-refractivity contribution in [2.45, 2.75) is 19.3 Å². The van der Waals surface area contributed by atoms with Crippen molar-refractivity contribution in [1.82, 2.24) is 0 Å². The molecule has 0 saturated carbocycles. The fourth-order valence-corrected chi connectivity index (χ4v) is 1.62. The summed E-state index contributed by atoms with van der Waals surface area (Å²) in [6, 6.07) is 9.38. The summed E-state index contributed by atoms with van der Waals surface area (Å²) in [6.45, 7) is 7.64. The molecule has 0 bridgehead atoms. The lowest BCUT2D eigenvalue weighted by atomic mass is 9.85. The molecule has 0 spiro atoms. The van der Waals surface area contributed by atoms with Crippen molar-refractivity contribution in [1.29, 1.82) is 0 Å². The van der Waals surface area contributed by atoms with E-state index in [2.05, 4.69) is 6.58 Å². The number of fused-ring (bicyclic) bond motifs is 1. The van der Waals surface area contributed by atoms with Gasteiger partial charge in [0.1, 0.15) is 5.58 Å². The Labute approximate surface area is 94.2 Å². The van der Waals surface area contributed by atoms with Crippen molar-refractivity contribution in [2.75, 3.05) is 0 Å². The van der Waals surface area contributed by atoms with Gasteiger partial charge in [-0.25, -0.2) is 4.79 Å². The zero-order valence-electron chi connectivity index (χ0n) is 9.49. The highest BCUT2D eigenvalue weighted by atomic mass is 16.4. The Hall–Kier alpha value is -1.83. The Morgan fingerprint density at radius 2 is 2.00 bits per heavy atom. The third-order valence-corrected chi connectivity index (χ3v) is 2.85. The molecule has 0 aliphatic rings. The Kier molecular flexibility index (Phi) is 2.43. The van der Waals surface area contributed by atoms with Crippen molar-refractivity contribution in [3.8, 4) is 0 Å². The predicted octanol–water partition coefficient (Wildman–Crippen LogP) is 3.26. The van der Waals surface area contributed by atoms with Crippen molar-refractivity contribution in [3.63, 3.8) is 0 Å². The third-order valence-electron chi connectivity index (χ3n) is 2.85. The average Bonchev–Trinajstić information content (AvgIpc) is 2.28. The van der Waals surface area contributed by atoms with Gasteiger partial charge in [0.2, 0.25) is 0 Å². The molecular formula is C14H14O2. The van der Waals surface area contributed by atoms with E-state index in [9.17, 15) is 4.79 Å². The quantitative estimate of drug-likeness (QED) is 0.567. The Balaban J connectivity index is 2.77. The second-order valence-corrected chi connectivity index (χ2v) is 4.41. The molecule has 0 amide bonds. The lowest BCUT2D eigenvalue weighted by Gasteiger charge is -2.18. The highest BCUT2D eigenvalue weighted by molar-refractivity contribution is 5.77. The van der Waals surface area contributed by atoms with Gasteiger partial charge in [0.15, 0.2) is 0 Å². The van der Waals surface area contributed by atoms with Crippen LogP contribution in [0.15, 0.2) is 52.2 Å². The van der Waals surface area contributed by atoms with Gasteiger partial charge < -0.3 is 4.42 Å². The minimum Gasteiger partial charge on any atom is -0.423 e. The van der Waals surface area contributed by atoms with Crippen LogP contribution in [0.4, 0.5) is 0 Å². The first-order chi connectivity index (χ1) is 7.54. The van der Waals surface area contributed by atoms with Crippen molar-refractivity contribution in [3.05, 3.63) is 59.0 Å². The highest BCUT2D eigenvalue weighted by Gasteiger charge is 2.21. The first-order valence-electron chi connectivity index (χ1n) is 5.21. The van der Waals surface area contributed by atoms with Crippen LogP contribution in [0.2, 0.25) is 0 Å². The zero-order chi connectivity index (χ0) is 11.8. The topological polar surface area (TPSA) is 30.2 Å². The summed E-state index contributed by atoms with van der Waals surface area (Å²) in [4.78, 5) is 11.8. The van der Waals surface area contributed by atoms with E-state index in [1.54, 1.807) is 12.1 Å². The van der Waals surface area contributed by atoms with Gasteiger partial charge in [-0.3, -0.25) is 0 Å². The van der Waals surface area contributed by atoms with Gasteiger partial charge in [-0.2, -0.15) is 0 Å². The Bertz CT molecular complexity index is 591. The van der Waals surface area contributed by atoms with Crippen LogP contribution in [0.1, 0.15) is 19.4 Å². The summed E-state index contributed by atoms with van der Waals surface area (Å²) in [7, 11) is 0. The number of allylic oxidation sites excluding steroid dienone is 1. The van der Waals surface area contributed by atoms with Crippen LogP contribution < -0.4 is 5.63 Å². The molecule has 1 heterocycles. The normalized spacial score (nSPS) is 11.6. The zero-order valence-corrected chi connectivity index (χ0v) is 9.49. The maximum Gasteiger partial charge on any atom is 0.340 e. The Morgan fingerprint density at radius 3 is 2.69 bits per heavy atom. The molecule has 1 aromatic carbocycles. The van der Waals surface area contributed by atoms with Gasteiger partial charge in [-0.1, -0.05) is 38.1 Å². The van der Waals surface area contributed by atoms with E-state index in [1.807, 2.05) is 38.1 Å². The third kappa shape index (κ3) is 1.67. The molecule has 0 unspecified atom stereocenters. The molecule has 0 N–H and O–H groups in total. The largest absolute Gasteiger partial charge is 0.423 e. The molecule has 1 aromatic heterocycles. The van der Waals surface area contributed by atoms with Crippen molar-refractivity contribution in [2.24, 2.45) is 0 Å². The minimum atomic E-state index is -0.370. The predicted molar refractivity (Wildman–Crippen MR) is 65.7 cm³/mol. The molecule has 0 radical (unpaired) electrons. The Morgan fingerprint density at radius 1 is 1.31 bits per heavy atom. The molecule has 0 saturated heterocycles. The van der Waals surface area contributed by atoms with E-state index in [-0.39, 0.29) is 11.0 Å². The molecule has 82 valence electrons. The van der Waals surface area contributed by atoms with Gasteiger partial charge in [0.25, 0.3) is 0 Å². The molecule has 16 heavy (non-hydrogen) atoms. The van der Waals surface area contributed by atoms with Crippen LogP contribution in [-0.2, 0) is 5.41 Å². The second kappa shape index (κ2) is 3.63. The van der Waals surface area contributed by atoms with E-state index in [0.717, 1.165) is 5.39 Å². The summed E-state index contributed by atoms with van der Waals surface area (Å²) >= 11 is 0. The van der Waals surface area contributed by atoms with Crippen molar-refractivity contribution < 1.29 is 4.42 Å². The number of hydrogen-bond donors (Lipinski definition) is 0. The smallest absolute Gasteiger partial charge is 0.340 e. The summed E-state index contributed by atoms with van der Waals surface area (Å²) in [5.74, 6) is 0. The van der Waals surface area contributed by atoms with E-state index in [1.165, 1.54) is 0 Å². The SMILES string of the molecule is C=CC(C)(C)c1cc2ccccc2oc1=O. The van der Waals surface area contributed by atoms with E-state index in [4.69, 9.17) is 4.42 Å². The van der Waals surface area contributed by atoms with Gasteiger partial charge in [-0.15, -0.1) is 6.58 Å². The molecule has 0 atom stereocenters. The minimum absolute atomic E-state index is 0.288. The molecule has 2 nitrogen and oxygen atoms in total. The lowest BCUT2D eigenvalue weighted by molar-refractivity contribution is 0.524. The molecule has 0 aliphatic heterocycles. The molecule has 2 aromatic rings. The molecule has 0 fully saturated rings. The standard InChI is InChI=1S/C14H14O2/c1-4-14(2,3)11-9-10-7-5-6-8-12(10)16-13(11)15/h4-9H,1H2,2-3H3. The van der Waals surface area contributed by atoms with Crippen molar-refractivity contribution >= 4 is 11.0 Å². The van der Waals surface area contributed by atoms with Gasteiger partial charge in [0, 0.05) is 16.4 Å². The molecule has 2 rings (SSSR count). The number of rotatable bonds is 2. The van der Waals surface area contributed by atoms with E-state index < -0.39 is 0 Å². The van der Waals surface area contributed by atoms with E-state index in [0.29, 0.717) is 11.1 Å². The van der Waals surface area contributed by atoms with Gasteiger partial charge in [-0.05, 0) is 12.1 Å². The lowest BCUT2D eigenvalue weighted by Crippen LogP contribution is -2.22. The fraction of sp³-hybridized carbons (Fsp3) is 0.214. The maximum atomic E-state index is 11.8. The fourth-order valence-electron chi connectivity index (χ4n) is 1.62. The molecule has 0 aliphatic carbocycles. The monoisotopic (exact) mass is 214 g/mol. The second-order valence-electron chi connectivity index (χ2n) is 4.41. The summed E-state index contributed by atoms with van der Waals surface area (Å²) in [6.07, 6.45) is 1.76. The van der Waals surface area contributed by atoms with Crippen LogP contribution in [0.3, 0.4) is 0 Å². The number of hydrogen-bond acceptors (Lipinski definition) is 2. The van der Waals surface area contributed by atoms with Gasteiger partial charge >= 0.3 is 5.63 Å². The van der Waals surface area contributed by atoms with Crippen LogP contribution in [0.5, 0.6) is 0 Å². The summed E-state index contributed by atoms with van der Waals surface area (Å²) in [5.41, 5.74) is 0.603. The molecule has 2 heteroatoms. The van der Waals surface area contributed by atoms with E-state index >= 15 is 0 Å². The van der Waals surface area contributed by atoms with Crippen LogP contribution >= 0.6 is 0 Å². The first-order valence-corrected chi connectivity index (χ1v) is 5.21. The first kappa shape index (κ1) is 10.7. The average molecular weight is 214 g/mol. The highest BCUT2D eigenvalue weighted by Crippen LogP contribution is 2.24. The number of benzene rings is 1. The number of para-hydroxylation sites is 1. The van der Waals surface area contributed by atoms with Crippen LogP contribution in [0, 0.1) is 0 Å². The van der Waals surface area contributed by atoms with Crippen LogP contribution in [-0.4, -0.2) is 0 Å². The summed E-state index contributed by atoms with van der Waals surface area (Å²) in [5, 5.41) is 0.937.